The van der Waals surface area contributed by atoms with Gasteiger partial charge in [-0.15, -0.1) is 10.2 Å². The Bertz CT molecular complexity index is 1170. The Morgan fingerprint density at radius 3 is 2.00 bits per heavy atom. The summed E-state index contributed by atoms with van der Waals surface area (Å²) in [6.45, 7) is 0. The van der Waals surface area contributed by atoms with Crippen LogP contribution in [0.2, 0.25) is 0 Å². The molecule has 34 heavy (non-hydrogen) atoms. The molecule has 0 atom stereocenters. The lowest BCUT2D eigenvalue weighted by Gasteiger charge is -2.41. The van der Waals surface area contributed by atoms with E-state index in [1.54, 1.807) is 48.5 Å². The van der Waals surface area contributed by atoms with E-state index in [2.05, 4.69) is 20.8 Å². The van der Waals surface area contributed by atoms with Gasteiger partial charge in [0, 0.05) is 11.5 Å². The molecule has 1 aromatic heterocycles. The molecular formula is C24H22N4O6. The number of barbiturate groups is 1. The molecule has 10 heteroatoms. The first-order valence-electron chi connectivity index (χ1n) is 11.0. The van der Waals surface area contributed by atoms with E-state index < -0.39 is 23.4 Å². The van der Waals surface area contributed by atoms with E-state index in [0.29, 0.717) is 36.0 Å². The summed E-state index contributed by atoms with van der Waals surface area (Å²) in [5.41, 5.74) is -1.02. The number of hydrogen-bond donors (Lipinski definition) is 2. The Kier molecular flexibility index (Phi) is 5.70. The van der Waals surface area contributed by atoms with E-state index in [9.17, 15) is 14.4 Å². The van der Waals surface area contributed by atoms with Gasteiger partial charge in [0.05, 0.1) is 0 Å². The van der Waals surface area contributed by atoms with Gasteiger partial charge in [0.1, 0.15) is 17.2 Å². The summed E-state index contributed by atoms with van der Waals surface area (Å²) >= 11 is 0. The minimum Gasteiger partial charge on any atom is -0.467 e. The molecule has 2 N–H and O–H groups in total. The van der Waals surface area contributed by atoms with Crippen LogP contribution in [0, 0.1) is 5.92 Å². The fraction of sp³-hybridized carbons (Fsp3) is 0.292. The number of imide groups is 2. The van der Waals surface area contributed by atoms with Gasteiger partial charge in [0.2, 0.25) is 12.3 Å². The maximum atomic E-state index is 12.9. The third-order valence-electron chi connectivity index (χ3n) is 6.11. The molecule has 0 spiro atoms. The summed E-state index contributed by atoms with van der Waals surface area (Å²) < 4.78 is 17.1. The largest absolute Gasteiger partial charge is 0.467 e. The summed E-state index contributed by atoms with van der Waals surface area (Å²) in [7, 11) is 0. The number of hydrogen-bond acceptors (Lipinski definition) is 8. The fourth-order valence-corrected chi connectivity index (χ4v) is 4.44. The van der Waals surface area contributed by atoms with Crippen LogP contribution >= 0.6 is 0 Å². The van der Waals surface area contributed by atoms with E-state index in [-0.39, 0.29) is 5.92 Å². The average molecular weight is 462 g/mol. The van der Waals surface area contributed by atoms with Gasteiger partial charge < -0.3 is 13.9 Å². The van der Waals surface area contributed by atoms with Crippen molar-refractivity contribution in [3.63, 3.8) is 0 Å². The molecule has 3 aromatic rings. The molecule has 0 unspecified atom stereocenters. The molecular weight excluding hydrogens is 440 g/mol. The number of carbonyl (C=O) groups is 3. The maximum absolute atomic E-state index is 12.9. The lowest BCUT2D eigenvalue weighted by molar-refractivity contribution is -0.158. The van der Waals surface area contributed by atoms with Crippen LogP contribution in [0.1, 0.15) is 32.1 Å². The molecule has 10 nitrogen and oxygen atoms in total. The Hall–Kier alpha value is -4.21. The third-order valence-corrected chi connectivity index (χ3v) is 6.11. The van der Waals surface area contributed by atoms with Crippen molar-refractivity contribution in [3.05, 3.63) is 54.9 Å². The highest BCUT2D eigenvalue weighted by atomic mass is 16.5. The lowest BCUT2D eigenvalue weighted by Crippen LogP contribution is -2.72. The molecule has 1 aliphatic heterocycles. The van der Waals surface area contributed by atoms with Crippen molar-refractivity contribution in [2.75, 3.05) is 0 Å². The topological polar surface area (TPSA) is 133 Å². The molecule has 2 aromatic carbocycles. The van der Waals surface area contributed by atoms with Gasteiger partial charge in [-0.05, 0) is 61.4 Å². The normalized spacial score (nSPS) is 18.2. The summed E-state index contributed by atoms with van der Waals surface area (Å²) in [5.74, 6) is 0.0894. The zero-order valence-electron chi connectivity index (χ0n) is 18.2. The standard InChI is InChI=1S/C24H22N4O6/c29-21-24(16-4-2-1-3-5-16,22(30)27-23(31)26-21)34-19-12-10-18(11-13-19)33-17-8-6-15(7-9-17)20-28-25-14-32-20/h6-14,16H,1-5H2,(H2,26,27,29,30,31). The van der Waals surface area contributed by atoms with Gasteiger partial charge in [-0.2, -0.15) is 0 Å². The molecule has 1 aliphatic carbocycles. The Balaban J connectivity index is 1.33. The van der Waals surface area contributed by atoms with Crippen LogP contribution in [0.25, 0.3) is 11.5 Å². The van der Waals surface area contributed by atoms with Crippen molar-refractivity contribution >= 4 is 17.8 Å². The van der Waals surface area contributed by atoms with Crippen molar-refractivity contribution in [2.24, 2.45) is 5.92 Å². The molecule has 0 bridgehead atoms. The predicted octanol–water partition coefficient (Wildman–Crippen LogP) is 3.59. The number of nitrogens with zero attached hydrogens (tertiary/aromatic N) is 2. The summed E-state index contributed by atoms with van der Waals surface area (Å²) in [5, 5.41) is 11.9. The monoisotopic (exact) mass is 462 g/mol. The first-order chi connectivity index (χ1) is 16.5. The average Bonchev–Trinajstić information content (AvgIpc) is 3.39. The molecule has 2 heterocycles. The molecule has 0 radical (unpaired) electrons. The van der Waals surface area contributed by atoms with Crippen molar-refractivity contribution in [3.8, 4) is 28.7 Å². The highest BCUT2D eigenvalue weighted by Gasteiger charge is 2.58. The number of nitrogens with one attached hydrogen (secondary N) is 2. The number of aromatic nitrogens is 2. The van der Waals surface area contributed by atoms with Gasteiger partial charge in [-0.1, -0.05) is 19.3 Å². The quantitative estimate of drug-likeness (QED) is 0.531. The number of benzene rings is 2. The third kappa shape index (κ3) is 4.09. The molecule has 4 amide bonds. The number of urea groups is 1. The second-order valence-electron chi connectivity index (χ2n) is 8.25. The molecule has 2 aliphatic rings. The summed E-state index contributed by atoms with van der Waals surface area (Å²) in [6, 6.07) is 12.9. The number of amides is 4. The van der Waals surface area contributed by atoms with Gasteiger partial charge in [0.25, 0.3) is 17.4 Å². The molecule has 2 fully saturated rings. The van der Waals surface area contributed by atoms with Gasteiger partial charge in [-0.3, -0.25) is 20.2 Å². The minimum absolute atomic E-state index is 0.323. The van der Waals surface area contributed by atoms with Crippen molar-refractivity contribution in [1.82, 2.24) is 20.8 Å². The van der Waals surface area contributed by atoms with Gasteiger partial charge in [-0.25, -0.2) is 4.79 Å². The fourth-order valence-electron chi connectivity index (χ4n) is 4.44. The number of rotatable bonds is 6. The first-order valence-corrected chi connectivity index (χ1v) is 11.0. The van der Waals surface area contributed by atoms with Crippen LogP contribution in [0.5, 0.6) is 17.2 Å². The van der Waals surface area contributed by atoms with Crippen molar-refractivity contribution < 1.29 is 28.3 Å². The second-order valence-corrected chi connectivity index (χ2v) is 8.25. The van der Waals surface area contributed by atoms with E-state index >= 15 is 0 Å². The second kappa shape index (κ2) is 8.97. The molecule has 5 rings (SSSR count). The molecule has 174 valence electrons. The first kappa shape index (κ1) is 21.6. The van der Waals surface area contributed by atoms with Gasteiger partial charge >= 0.3 is 6.03 Å². The van der Waals surface area contributed by atoms with E-state index in [1.165, 1.54) is 6.39 Å². The minimum atomic E-state index is -1.79. The van der Waals surface area contributed by atoms with Crippen LogP contribution in [-0.4, -0.2) is 33.6 Å². The molecule has 1 saturated heterocycles. The Morgan fingerprint density at radius 2 is 1.41 bits per heavy atom. The highest BCUT2D eigenvalue weighted by Crippen LogP contribution is 2.38. The van der Waals surface area contributed by atoms with Crippen LogP contribution in [-0.2, 0) is 9.59 Å². The smallest absolute Gasteiger partial charge is 0.328 e. The summed E-state index contributed by atoms with van der Waals surface area (Å²) in [4.78, 5) is 37.5. The number of ether oxygens (including phenoxy) is 2. The van der Waals surface area contributed by atoms with Crippen molar-refractivity contribution in [2.45, 2.75) is 37.7 Å². The highest BCUT2D eigenvalue weighted by molar-refractivity contribution is 6.22. The zero-order valence-corrected chi connectivity index (χ0v) is 18.2. The predicted molar refractivity (Wildman–Crippen MR) is 118 cm³/mol. The van der Waals surface area contributed by atoms with E-state index in [1.807, 2.05) is 0 Å². The Morgan fingerprint density at radius 1 is 0.824 bits per heavy atom. The lowest BCUT2D eigenvalue weighted by atomic mass is 9.75. The van der Waals surface area contributed by atoms with Crippen LogP contribution < -0.4 is 20.1 Å². The van der Waals surface area contributed by atoms with E-state index in [0.717, 1.165) is 24.8 Å². The number of carbonyl (C=O) groups excluding carboxylic acids is 3. The SMILES string of the molecule is O=C1NC(=O)C(Oc2ccc(Oc3ccc(-c4nnco4)cc3)cc2)(C2CCCCC2)C(=O)N1. The van der Waals surface area contributed by atoms with E-state index in [4.69, 9.17) is 13.9 Å². The van der Waals surface area contributed by atoms with Crippen molar-refractivity contribution in [1.29, 1.82) is 0 Å². The molecule has 1 saturated carbocycles. The van der Waals surface area contributed by atoms with Crippen LogP contribution in [0.4, 0.5) is 4.79 Å². The summed E-state index contributed by atoms with van der Waals surface area (Å²) in [6.07, 6.45) is 5.41. The van der Waals surface area contributed by atoms with Crippen LogP contribution in [0.3, 0.4) is 0 Å². The van der Waals surface area contributed by atoms with Crippen LogP contribution in [0.15, 0.2) is 59.3 Å². The maximum Gasteiger partial charge on any atom is 0.328 e. The van der Waals surface area contributed by atoms with Gasteiger partial charge in [0.15, 0.2) is 0 Å². The Labute approximate surface area is 194 Å². The zero-order chi connectivity index (χ0) is 23.5.